The summed E-state index contributed by atoms with van der Waals surface area (Å²) in [5.74, 6) is 2.08. The number of hydrogen-bond acceptors (Lipinski definition) is 6. The topological polar surface area (TPSA) is 67.1 Å². The number of amides is 1. The first-order valence-corrected chi connectivity index (χ1v) is 9.68. The summed E-state index contributed by atoms with van der Waals surface area (Å²) in [7, 11) is 0. The Morgan fingerprint density at radius 1 is 1.27 bits per heavy atom. The molecule has 1 fully saturated rings. The number of ether oxygens (including phenoxy) is 1. The Kier molecular flexibility index (Phi) is 6.74. The van der Waals surface area contributed by atoms with Crippen LogP contribution >= 0.6 is 11.8 Å². The van der Waals surface area contributed by atoms with Gasteiger partial charge in [0.2, 0.25) is 0 Å². The number of morpholine rings is 1. The van der Waals surface area contributed by atoms with Gasteiger partial charge in [-0.15, -0.1) is 11.8 Å². The standard InChI is InChI=1S/C19H23N3O3S/c1-15(26-14-16-5-3-2-4-6-16)19(23)21-20-13-17-7-8-18(25-17)22-9-11-24-12-10-22/h2-8,13,15H,9-12,14H2,1H3,(H,21,23)/b20-13-/t15-/m1/s1. The molecule has 1 amide bonds. The maximum absolute atomic E-state index is 12.1. The molecule has 3 rings (SSSR count). The van der Waals surface area contributed by atoms with E-state index in [0.717, 1.165) is 24.7 Å². The van der Waals surface area contributed by atoms with Gasteiger partial charge >= 0.3 is 0 Å². The third-order valence-electron chi connectivity index (χ3n) is 4.01. The molecule has 1 aromatic carbocycles. The van der Waals surface area contributed by atoms with Gasteiger partial charge in [0.15, 0.2) is 5.88 Å². The number of carbonyl (C=O) groups excluding carboxylic acids is 1. The molecular weight excluding hydrogens is 350 g/mol. The van der Waals surface area contributed by atoms with Crippen LogP contribution in [0.15, 0.2) is 52.0 Å². The molecule has 6 nitrogen and oxygen atoms in total. The Morgan fingerprint density at radius 3 is 2.81 bits per heavy atom. The van der Waals surface area contributed by atoms with Gasteiger partial charge in [0.05, 0.1) is 24.7 Å². The Hall–Kier alpha value is -2.25. The van der Waals surface area contributed by atoms with Crippen LogP contribution < -0.4 is 10.3 Å². The molecule has 1 aliphatic rings. The molecule has 138 valence electrons. The number of nitrogens with one attached hydrogen (secondary N) is 1. The summed E-state index contributed by atoms with van der Waals surface area (Å²) in [6, 6.07) is 13.8. The van der Waals surface area contributed by atoms with E-state index >= 15 is 0 Å². The van der Waals surface area contributed by atoms with Crippen LogP contribution in [-0.4, -0.2) is 43.7 Å². The van der Waals surface area contributed by atoms with Crippen molar-refractivity contribution < 1.29 is 13.9 Å². The quantitative estimate of drug-likeness (QED) is 0.597. The average Bonchev–Trinajstić information content (AvgIpc) is 3.16. The molecule has 0 saturated carbocycles. The van der Waals surface area contributed by atoms with Crippen LogP contribution in [0.25, 0.3) is 0 Å². The molecule has 7 heteroatoms. The first-order valence-electron chi connectivity index (χ1n) is 8.63. The lowest BCUT2D eigenvalue weighted by Gasteiger charge is -2.26. The van der Waals surface area contributed by atoms with E-state index in [1.165, 1.54) is 11.8 Å². The van der Waals surface area contributed by atoms with Gasteiger partial charge in [-0.25, -0.2) is 5.43 Å². The number of rotatable bonds is 7. The smallest absolute Gasteiger partial charge is 0.252 e. The normalized spacial score (nSPS) is 16.0. The number of hydrogen-bond donors (Lipinski definition) is 1. The van der Waals surface area contributed by atoms with Crippen LogP contribution in [0.3, 0.4) is 0 Å². The molecule has 0 bridgehead atoms. The summed E-state index contributed by atoms with van der Waals surface area (Å²) in [6.07, 6.45) is 1.52. The molecule has 0 spiro atoms. The Balaban J connectivity index is 1.44. The number of nitrogens with zero attached hydrogens (tertiary/aromatic N) is 2. The van der Waals surface area contributed by atoms with Crippen LogP contribution in [-0.2, 0) is 15.3 Å². The molecular formula is C19H23N3O3S. The lowest BCUT2D eigenvalue weighted by atomic mass is 10.2. The van der Waals surface area contributed by atoms with Gasteiger partial charge in [0, 0.05) is 24.9 Å². The Morgan fingerprint density at radius 2 is 2.04 bits per heavy atom. The van der Waals surface area contributed by atoms with Gasteiger partial charge in [0.25, 0.3) is 5.91 Å². The number of thioether (sulfide) groups is 1. The van der Waals surface area contributed by atoms with E-state index in [2.05, 4.69) is 27.6 Å². The van der Waals surface area contributed by atoms with Gasteiger partial charge in [-0.3, -0.25) is 4.79 Å². The fraction of sp³-hybridized carbons (Fsp3) is 0.368. The molecule has 1 N–H and O–H groups in total. The minimum absolute atomic E-state index is 0.123. The SMILES string of the molecule is C[C@@H](SCc1ccccc1)C(=O)N/N=C\c1ccc(N2CCOCC2)o1. The van der Waals surface area contributed by atoms with Crippen LogP contribution in [0.1, 0.15) is 18.2 Å². The molecule has 0 aliphatic carbocycles. The molecule has 1 aromatic heterocycles. The highest BCUT2D eigenvalue weighted by Crippen LogP contribution is 2.19. The third kappa shape index (κ3) is 5.37. The average molecular weight is 373 g/mol. The first kappa shape index (κ1) is 18.5. The maximum atomic E-state index is 12.1. The van der Waals surface area contributed by atoms with Crippen LogP contribution in [0, 0.1) is 0 Å². The largest absolute Gasteiger partial charge is 0.440 e. The van der Waals surface area contributed by atoms with E-state index in [1.807, 2.05) is 37.3 Å². The molecule has 1 saturated heterocycles. The molecule has 1 atom stereocenters. The number of benzene rings is 1. The van der Waals surface area contributed by atoms with Crippen molar-refractivity contribution in [3.8, 4) is 0 Å². The third-order valence-corrected chi connectivity index (χ3v) is 5.23. The van der Waals surface area contributed by atoms with Gasteiger partial charge in [-0.2, -0.15) is 5.10 Å². The van der Waals surface area contributed by atoms with E-state index in [-0.39, 0.29) is 11.2 Å². The van der Waals surface area contributed by atoms with Crippen LogP contribution in [0.2, 0.25) is 0 Å². The van der Waals surface area contributed by atoms with Crippen LogP contribution in [0.4, 0.5) is 5.88 Å². The van der Waals surface area contributed by atoms with Crippen molar-refractivity contribution in [2.75, 3.05) is 31.2 Å². The van der Waals surface area contributed by atoms with Gasteiger partial charge in [0.1, 0.15) is 5.76 Å². The zero-order chi connectivity index (χ0) is 18.2. The maximum Gasteiger partial charge on any atom is 0.252 e. The fourth-order valence-electron chi connectivity index (χ4n) is 2.49. The summed E-state index contributed by atoms with van der Waals surface area (Å²) >= 11 is 1.58. The number of carbonyl (C=O) groups is 1. The number of hydrazone groups is 1. The van der Waals surface area contributed by atoms with Gasteiger partial charge in [-0.1, -0.05) is 30.3 Å². The van der Waals surface area contributed by atoms with Crippen molar-refractivity contribution in [3.63, 3.8) is 0 Å². The lowest BCUT2D eigenvalue weighted by Crippen LogP contribution is -2.35. The summed E-state index contributed by atoms with van der Waals surface area (Å²) in [4.78, 5) is 14.2. The van der Waals surface area contributed by atoms with E-state index in [0.29, 0.717) is 19.0 Å². The first-order chi connectivity index (χ1) is 12.7. The molecule has 2 heterocycles. The zero-order valence-electron chi connectivity index (χ0n) is 14.8. The predicted molar refractivity (Wildman–Crippen MR) is 105 cm³/mol. The van der Waals surface area contributed by atoms with E-state index < -0.39 is 0 Å². The van der Waals surface area contributed by atoms with Crippen LogP contribution in [0.5, 0.6) is 0 Å². The molecule has 2 aromatic rings. The minimum atomic E-state index is -0.187. The molecule has 1 aliphatic heterocycles. The second-order valence-electron chi connectivity index (χ2n) is 5.95. The van der Waals surface area contributed by atoms with Gasteiger partial charge in [-0.05, 0) is 18.6 Å². The Bertz CT molecular complexity index is 727. The summed E-state index contributed by atoms with van der Waals surface area (Å²) in [5.41, 5.74) is 3.77. The van der Waals surface area contributed by atoms with Crippen molar-refractivity contribution in [3.05, 3.63) is 53.8 Å². The fourth-order valence-corrected chi connectivity index (χ4v) is 3.33. The highest BCUT2D eigenvalue weighted by Gasteiger charge is 2.15. The highest BCUT2D eigenvalue weighted by atomic mass is 32.2. The van der Waals surface area contributed by atoms with Crippen molar-refractivity contribution >= 4 is 29.8 Å². The molecule has 0 unspecified atom stereocenters. The second-order valence-corrected chi connectivity index (χ2v) is 7.28. The van der Waals surface area contributed by atoms with Crippen molar-refractivity contribution in [1.82, 2.24) is 5.43 Å². The second kappa shape index (κ2) is 9.45. The van der Waals surface area contributed by atoms with E-state index in [9.17, 15) is 4.79 Å². The van der Waals surface area contributed by atoms with Gasteiger partial charge < -0.3 is 14.1 Å². The summed E-state index contributed by atoms with van der Waals surface area (Å²) in [6.45, 7) is 4.92. The lowest BCUT2D eigenvalue weighted by molar-refractivity contribution is -0.120. The summed E-state index contributed by atoms with van der Waals surface area (Å²) in [5, 5.41) is 3.81. The number of furan rings is 1. The predicted octanol–water partition coefficient (Wildman–Crippen LogP) is 2.89. The van der Waals surface area contributed by atoms with E-state index in [4.69, 9.17) is 9.15 Å². The molecule has 26 heavy (non-hydrogen) atoms. The monoisotopic (exact) mass is 373 g/mol. The van der Waals surface area contributed by atoms with Crippen molar-refractivity contribution in [2.24, 2.45) is 5.10 Å². The Labute approximate surface area is 157 Å². The minimum Gasteiger partial charge on any atom is -0.440 e. The summed E-state index contributed by atoms with van der Waals surface area (Å²) < 4.78 is 11.1. The van der Waals surface area contributed by atoms with Crippen molar-refractivity contribution in [1.29, 1.82) is 0 Å². The van der Waals surface area contributed by atoms with Crippen molar-refractivity contribution in [2.45, 2.75) is 17.9 Å². The number of anilines is 1. The highest BCUT2D eigenvalue weighted by molar-refractivity contribution is 7.99. The zero-order valence-corrected chi connectivity index (χ0v) is 15.6. The van der Waals surface area contributed by atoms with E-state index in [1.54, 1.807) is 11.8 Å². The molecule has 0 radical (unpaired) electrons.